The number of nitrogens with zero attached hydrogens (tertiary/aromatic N) is 1. The molecule has 0 saturated heterocycles. The summed E-state index contributed by atoms with van der Waals surface area (Å²) in [6.45, 7) is 0. The van der Waals surface area contributed by atoms with Crippen LogP contribution in [0.25, 0.3) is 10.9 Å². The number of rotatable bonds is 1. The Morgan fingerprint density at radius 1 is 1.28 bits per heavy atom. The van der Waals surface area contributed by atoms with Crippen LogP contribution in [0, 0.1) is 0 Å². The first-order chi connectivity index (χ1) is 8.30. The molecule has 0 aliphatic heterocycles. The van der Waals surface area contributed by atoms with Crippen LogP contribution in [0.4, 0.5) is 13.2 Å². The highest BCUT2D eigenvalue weighted by molar-refractivity contribution is 6.06. The molecule has 0 saturated carbocycles. The van der Waals surface area contributed by atoms with Gasteiger partial charge in [0.15, 0.2) is 0 Å². The number of fused-ring (bicyclic) bond motifs is 1. The van der Waals surface area contributed by atoms with E-state index in [4.69, 9.17) is 0 Å². The van der Waals surface area contributed by atoms with Crippen LogP contribution in [0.1, 0.15) is 15.9 Å². The van der Waals surface area contributed by atoms with Crippen LogP contribution >= 0.6 is 0 Å². The van der Waals surface area contributed by atoms with Gasteiger partial charge in [0.05, 0.1) is 11.1 Å². The molecule has 1 aromatic carbocycles. The number of nitrogens with one attached hydrogen (secondary N) is 1. The zero-order chi connectivity index (χ0) is 13.5. The Morgan fingerprint density at radius 2 is 1.94 bits per heavy atom. The summed E-state index contributed by atoms with van der Waals surface area (Å²) in [5, 5.41) is 0.281. The molecule has 96 valence electrons. The summed E-state index contributed by atoms with van der Waals surface area (Å²) in [7, 11) is 3.10. The maximum absolute atomic E-state index is 12.6. The minimum Gasteiger partial charge on any atom is -0.360 e. The Morgan fingerprint density at radius 3 is 2.50 bits per heavy atom. The van der Waals surface area contributed by atoms with Crippen molar-refractivity contribution in [3.05, 3.63) is 35.5 Å². The van der Waals surface area contributed by atoms with E-state index < -0.39 is 11.7 Å². The van der Waals surface area contributed by atoms with Gasteiger partial charge in [-0.2, -0.15) is 13.2 Å². The molecule has 2 rings (SSSR count). The molecule has 0 fully saturated rings. The fourth-order valence-corrected chi connectivity index (χ4v) is 1.71. The van der Waals surface area contributed by atoms with Crippen molar-refractivity contribution in [3.63, 3.8) is 0 Å². The van der Waals surface area contributed by atoms with E-state index in [1.54, 1.807) is 14.1 Å². The SMILES string of the molecule is CN(C)C(=O)c1c[nH]c2ccc(C(F)(F)F)cc12. The number of aromatic amines is 1. The molecule has 0 aliphatic carbocycles. The number of amides is 1. The van der Waals surface area contributed by atoms with Crippen LogP contribution in [0.3, 0.4) is 0 Å². The Hall–Kier alpha value is -1.98. The number of halogens is 3. The quantitative estimate of drug-likeness (QED) is 0.836. The van der Waals surface area contributed by atoms with Gasteiger partial charge in [0.25, 0.3) is 5.91 Å². The molecule has 0 atom stereocenters. The lowest BCUT2D eigenvalue weighted by molar-refractivity contribution is -0.137. The van der Waals surface area contributed by atoms with Crippen LogP contribution in [0.2, 0.25) is 0 Å². The zero-order valence-corrected chi connectivity index (χ0v) is 9.80. The summed E-state index contributed by atoms with van der Waals surface area (Å²) in [5.74, 6) is -0.333. The van der Waals surface area contributed by atoms with Crippen molar-refractivity contribution in [2.75, 3.05) is 14.1 Å². The molecule has 0 aliphatic rings. The Kier molecular flexibility index (Phi) is 2.80. The Labute approximate surface area is 101 Å². The number of hydrogen-bond donors (Lipinski definition) is 1. The van der Waals surface area contributed by atoms with E-state index in [0.717, 1.165) is 12.1 Å². The third-order valence-corrected chi connectivity index (χ3v) is 2.65. The highest BCUT2D eigenvalue weighted by Gasteiger charge is 2.31. The molecule has 0 spiro atoms. The first-order valence-electron chi connectivity index (χ1n) is 5.20. The van der Waals surface area contributed by atoms with E-state index >= 15 is 0 Å². The highest BCUT2D eigenvalue weighted by atomic mass is 19.4. The Balaban J connectivity index is 2.60. The normalized spacial score (nSPS) is 11.8. The minimum absolute atomic E-state index is 0.237. The van der Waals surface area contributed by atoms with Crippen LogP contribution in [-0.4, -0.2) is 29.9 Å². The summed E-state index contributed by atoms with van der Waals surface area (Å²) < 4.78 is 37.8. The molecule has 18 heavy (non-hydrogen) atoms. The molecule has 1 aromatic heterocycles. The molecular formula is C12H11F3N2O. The van der Waals surface area contributed by atoms with Crippen LogP contribution < -0.4 is 0 Å². The molecule has 1 heterocycles. The molecular weight excluding hydrogens is 245 g/mol. The lowest BCUT2D eigenvalue weighted by atomic mass is 10.1. The lowest BCUT2D eigenvalue weighted by Crippen LogP contribution is -2.21. The smallest absolute Gasteiger partial charge is 0.360 e. The van der Waals surface area contributed by atoms with Gasteiger partial charge >= 0.3 is 6.18 Å². The number of carbonyl (C=O) groups is 1. The van der Waals surface area contributed by atoms with Crippen molar-refractivity contribution in [2.24, 2.45) is 0 Å². The van der Waals surface area contributed by atoms with Crippen molar-refractivity contribution in [2.45, 2.75) is 6.18 Å². The number of benzene rings is 1. The van der Waals surface area contributed by atoms with Crippen LogP contribution in [0.5, 0.6) is 0 Å². The minimum atomic E-state index is -4.41. The number of carbonyl (C=O) groups excluding carboxylic acids is 1. The number of aromatic nitrogens is 1. The van der Waals surface area contributed by atoms with E-state index in [9.17, 15) is 18.0 Å². The first-order valence-corrected chi connectivity index (χ1v) is 5.20. The van der Waals surface area contributed by atoms with Gasteiger partial charge in [0.2, 0.25) is 0 Å². The highest BCUT2D eigenvalue weighted by Crippen LogP contribution is 2.32. The number of hydrogen-bond acceptors (Lipinski definition) is 1. The summed E-state index contributed by atoms with van der Waals surface area (Å²) in [5.41, 5.74) is -0.0169. The molecule has 0 unspecified atom stereocenters. The average molecular weight is 256 g/mol. The molecule has 0 radical (unpaired) electrons. The maximum Gasteiger partial charge on any atom is 0.416 e. The number of alkyl halides is 3. The van der Waals surface area contributed by atoms with Crippen molar-refractivity contribution in [1.29, 1.82) is 0 Å². The third kappa shape index (κ3) is 2.05. The largest absolute Gasteiger partial charge is 0.416 e. The van der Waals surface area contributed by atoms with E-state index in [1.165, 1.54) is 17.2 Å². The lowest BCUT2D eigenvalue weighted by Gasteiger charge is -2.10. The van der Waals surface area contributed by atoms with E-state index in [2.05, 4.69) is 4.98 Å². The Bertz CT molecular complexity index is 599. The van der Waals surface area contributed by atoms with Crippen molar-refractivity contribution < 1.29 is 18.0 Å². The van der Waals surface area contributed by atoms with E-state index in [0.29, 0.717) is 5.52 Å². The predicted molar refractivity (Wildman–Crippen MR) is 61.3 cm³/mol. The molecule has 2 aromatic rings. The van der Waals surface area contributed by atoms with Gasteiger partial charge in [-0.3, -0.25) is 4.79 Å². The summed E-state index contributed by atoms with van der Waals surface area (Å²) in [6, 6.07) is 3.30. The van der Waals surface area contributed by atoms with Gasteiger partial charge in [-0.05, 0) is 18.2 Å². The van der Waals surface area contributed by atoms with Crippen molar-refractivity contribution in [3.8, 4) is 0 Å². The second-order valence-corrected chi connectivity index (χ2v) is 4.16. The van der Waals surface area contributed by atoms with Gasteiger partial charge in [-0.25, -0.2) is 0 Å². The van der Waals surface area contributed by atoms with Gasteiger partial charge in [-0.15, -0.1) is 0 Å². The summed E-state index contributed by atoms with van der Waals surface area (Å²) in [6.07, 6.45) is -2.99. The zero-order valence-electron chi connectivity index (χ0n) is 9.80. The fourth-order valence-electron chi connectivity index (χ4n) is 1.71. The maximum atomic E-state index is 12.6. The molecule has 3 nitrogen and oxygen atoms in total. The third-order valence-electron chi connectivity index (χ3n) is 2.65. The summed E-state index contributed by atoms with van der Waals surface area (Å²) >= 11 is 0. The summed E-state index contributed by atoms with van der Waals surface area (Å²) in [4.78, 5) is 15.9. The van der Waals surface area contributed by atoms with Crippen LogP contribution in [-0.2, 0) is 6.18 Å². The monoisotopic (exact) mass is 256 g/mol. The second kappa shape index (κ2) is 4.04. The molecule has 1 N–H and O–H groups in total. The van der Waals surface area contributed by atoms with E-state index in [1.807, 2.05) is 0 Å². The van der Waals surface area contributed by atoms with Crippen molar-refractivity contribution >= 4 is 16.8 Å². The van der Waals surface area contributed by atoms with Crippen LogP contribution in [0.15, 0.2) is 24.4 Å². The fraction of sp³-hybridized carbons (Fsp3) is 0.250. The molecule has 6 heteroatoms. The topological polar surface area (TPSA) is 36.1 Å². The van der Waals surface area contributed by atoms with Gasteiger partial charge in [0, 0.05) is 31.2 Å². The van der Waals surface area contributed by atoms with Gasteiger partial charge in [0.1, 0.15) is 0 Å². The molecule has 1 amide bonds. The average Bonchev–Trinajstić information content (AvgIpc) is 2.69. The standard InChI is InChI=1S/C12H11F3N2O/c1-17(2)11(18)9-6-16-10-4-3-7(5-8(9)10)12(13,14)15/h3-6,16H,1-2H3. The van der Waals surface area contributed by atoms with Gasteiger partial charge < -0.3 is 9.88 Å². The second-order valence-electron chi connectivity index (χ2n) is 4.16. The predicted octanol–water partition coefficient (Wildman–Crippen LogP) is 2.89. The van der Waals surface area contributed by atoms with Crippen molar-refractivity contribution in [1.82, 2.24) is 9.88 Å². The molecule has 0 bridgehead atoms. The number of H-pyrrole nitrogens is 1. The van der Waals surface area contributed by atoms with E-state index in [-0.39, 0.29) is 16.9 Å². The first kappa shape index (κ1) is 12.5. The van der Waals surface area contributed by atoms with Gasteiger partial charge in [-0.1, -0.05) is 0 Å².